The Labute approximate surface area is 99.5 Å². The molecule has 0 aromatic carbocycles. The Kier molecular flexibility index (Phi) is 3.30. The van der Waals surface area contributed by atoms with E-state index in [1.165, 1.54) is 0 Å². The topological polar surface area (TPSA) is 95.8 Å². The summed E-state index contributed by atoms with van der Waals surface area (Å²) in [5.41, 5.74) is -0.226. The van der Waals surface area contributed by atoms with E-state index in [0.717, 1.165) is 31.9 Å². The molecule has 6 nitrogen and oxygen atoms in total. The number of aliphatic carboxylic acids is 1. The standard InChI is InChI=1S/C10H14N2O4S/c13-10(14)8-5-12-17(15,16)9(8)6-11-7-3-1-2-4-7/h5,7,11H,1-4,6H2,(H,13,14). The molecule has 0 saturated heterocycles. The first-order valence-corrected chi connectivity index (χ1v) is 6.95. The summed E-state index contributed by atoms with van der Waals surface area (Å²) in [7, 11) is -3.77. The van der Waals surface area contributed by atoms with Gasteiger partial charge in [0.15, 0.2) is 0 Å². The number of hydrogen-bond donors (Lipinski definition) is 2. The van der Waals surface area contributed by atoms with Crippen LogP contribution in [0.3, 0.4) is 0 Å². The van der Waals surface area contributed by atoms with Gasteiger partial charge in [-0.15, -0.1) is 0 Å². The maximum atomic E-state index is 11.5. The van der Waals surface area contributed by atoms with Crippen LogP contribution in [0.1, 0.15) is 25.7 Å². The van der Waals surface area contributed by atoms with E-state index >= 15 is 0 Å². The van der Waals surface area contributed by atoms with Crippen LogP contribution in [0.25, 0.3) is 0 Å². The van der Waals surface area contributed by atoms with Gasteiger partial charge in [-0.3, -0.25) is 0 Å². The summed E-state index contributed by atoms with van der Waals surface area (Å²) in [6.45, 7) is 0.0502. The third-order valence-electron chi connectivity index (χ3n) is 3.07. The molecule has 1 aliphatic carbocycles. The minimum atomic E-state index is -3.77. The number of hydrogen-bond acceptors (Lipinski definition) is 4. The molecule has 0 amide bonds. The van der Waals surface area contributed by atoms with Crippen LogP contribution in [0.2, 0.25) is 0 Å². The lowest BCUT2D eigenvalue weighted by atomic mass is 10.2. The van der Waals surface area contributed by atoms with Crippen molar-refractivity contribution < 1.29 is 18.3 Å². The van der Waals surface area contributed by atoms with Gasteiger partial charge in [-0.1, -0.05) is 12.8 Å². The number of carboxylic acid groups (broad SMARTS) is 1. The molecule has 0 bridgehead atoms. The van der Waals surface area contributed by atoms with Crippen LogP contribution in [0.5, 0.6) is 0 Å². The second-order valence-electron chi connectivity index (χ2n) is 4.21. The van der Waals surface area contributed by atoms with Gasteiger partial charge in [0.2, 0.25) is 0 Å². The Morgan fingerprint density at radius 3 is 2.71 bits per heavy atom. The number of carbonyl (C=O) groups is 1. The Hall–Kier alpha value is -1.21. The smallest absolute Gasteiger partial charge is 0.338 e. The Balaban J connectivity index is 2.11. The molecule has 17 heavy (non-hydrogen) atoms. The van der Waals surface area contributed by atoms with Crippen molar-refractivity contribution in [2.75, 3.05) is 6.54 Å². The Morgan fingerprint density at radius 1 is 1.47 bits per heavy atom. The van der Waals surface area contributed by atoms with Gasteiger partial charge in [-0.05, 0) is 12.8 Å². The fourth-order valence-electron chi connectivity index (χ4n) is 2.12. The van der Waals surface area contributed by atoms with Crippen LogP contribution in [-0.2, 0) is 14.8 Å². The molecule has 0 unspecified atom stereocenters. The van der Waals surface area contributed by atoms with E-state index in [4.69, 9.17) is 5.11 Å². The van der Waals surface area contributed by atoms with Gasteiger partial charge in [0.1, 0.15) is 0 Å². The zero-order valence-corrected chi connectivity index (χ0v) is 10.0. The van der Waals surface area contributed by atoms with E-state index in [-0.39, 0.29) is 23.1 Å². The number of nitrogens with zero attached hydrogens (tertiary/aromatic N) is 1. The summed E-state index contributed by atoms with van der Waals surface area (Å²) in [5, 5.41) is 12.0. The molecule has 1 saturated carbocycles. The van der Waals surface area contributed by atoms with E-state index in [1.807, 2.05) is 0 Å². The van der Waals surface area contributed by atoms with Crippen LogP contribution in [-0.4, -0.2) is 38.3 Å². The monoisotopic (exact) mass is 258 g/mol. The average Bonchev–Trinajstić information content (AvgIpc) is 2.82. The zero-order chi connectivity index (χ0) is 12.5. The highest BCUT2D eigenvalue weighted by Crippen LogP contribution is 2.22. The van der Waals surface area contributed by atoms with Crippen molar-refractivity contribution in [2.24, 2.45) is 4.40 Å². The molecule has 94 valence electrons. The first kappa shape index (κ1) is 12.3. The zero-order valence-electron chi connectivity index (χ0n) is 9.22. The van der Waals surface area contributed by atoms with Gasteiger partial charge < -0.3 is 10.4 Å². The van der Waals surface area contributed by atoms with Gasteiger partial charge in [0.05, 0.1) is 16.7 Å². The first-order valence-electron chi connectivity index (χ1n) is 5.51. The van der Waals surface area contributed by atoms with Gasteiger partial charge in [-0.25, -0.2) is 4.79 Å². The molecule has 1 heterocycles. The minimum absolute atomic E-state index is 0.0502. The van der Waals surface area contributed by atoms with Crippen LogP contribution < -0.4 is 5.32 Å². The quantitative estimate of drug-likeness (QED) is 0.754. The number of sulfonamides is 1. The lowest BCUT2D eigenvalue weighted by Gasteiger charge is -2.11. The van der Waals surface area contributed by atoms with E-state index in [9.17, 15) is 13.2 Å². The molecule has 2 aliphatic rings. The first-order chi connectivity index (χ1) is 8.00. The van der Waals surface area contributed by atoms with E-state index in [1.54, 1.807) is 0 Å². The van der Waals surface area contributed by atoms with Crippen LogP contribution in [0.4, 0.5) is 0 Å². The number of carboxylic acids is 1. The third-order valence-corrected chi connectivity index (χ3v) is 4.44. The maximum absolute atomic E-state index is 11.5. The van der Waals surface area contributed by atoms with Gasteiger partial charge in [0.25, 0.3) is 10.0 Å². The molecule has 0 aromatic heterocycles. The van der Waals surface area contributed by atoms with Crippen molar-refractivity contribution in [3.05, 3.63) is 10.5 Å². The largest absolute Gasteiger partial charge is 0.478 e. The molecular weight excluding hydrogens is 244 g/mol. The van der Waals surface area contributed by atoms with Crippen molar-refractivity contribution in [2.45, 2.75) is 31.7 Å². The minimum Gasteiger partial charge on any atom is -0.478 e. The molecule has 7 heteroatoms. The lowest BCUT2D eigenvalue weighted by Crippen LogP contribution is -2.30. The fourth-order valence-corrected chi connectivity index (χ4v) is 3.18. The molecule has 0 spiro atoms. The maximum Gasteiger partial charge on any atom is 0.338 e. The summed E-state index contributed by atoms with van der Waals surface area (Å²) in [6, 6.07) is 0.286. The summed E-state index contributed by atoms with van der Waals surface area (Å²) in [6.07, 6.45) is 5.19. The van der Waals surface area contributed by atoms with E-state index in [2.05, 4.69) is 9.71 Å². The Bertz CT molecular complexity index is 486. The molecule has 1 aliphatic heterocycles. The SMILES string of the molecule is O=C(O)C1=C(CNC2CCCC2)S(=O)(=O)N=C1. The highest BCUT2D eigenvalue weighted by atomic mass is 32.2. The van der Waals surface area contributed by atoms with Gasteiger partial charge in [-0.2, -0.15) is 12.8 Å². The summed E-state index contributed by atoms with van der Waals surface area (Å²) >= 11 is 0. The van der Waals surface area contributed by atoms with Crippen LogP contribution >= 0.6 is 0 Å². The van der Waals surface area contributed by atoms with E-state index in [0.29, 0.717) is 0 Å². The van der Waals surface area contributed by atoms with Crippen molar-refractivity contribution >= 4 is 22.2 Å². The molecule has 2 N–H and O–H groups in total. The number of rotatable bonds is 4. The van der Waals surface area contributed by atoms with E-state index < -0.39 is 16.0 Å². The molecular formula is C10H14N2O4S. The van der Waals surface area contributed by atoms with Crippen LogP contribution in [0.15, 0.2) is 14.9 Å². The van der Waals surface area contributed by atoms with Gasteiger partial charge >= 0.3 is 5.97 Å². The van der Waals surface area contributed by atoms with Crippen LogP contribution in [0, 0.1) is 0 Å². The fraction of sp³-hybridized carbons (Fsp3) is 0.600. The number of nitrogens with one attached hydrogen (secondary N) is 1. The predicted molar refractivity (Wildman–Crippen MR) is 62.3 cm³/mol. The highest BCUT2D eigenvalue weighted by Gasteiger charge is 2.30. The molecule has 0 aromatic rings. The normalized spacial score (nSPS) is 23.5. The second kappa shape index (κ2) is 4.58. The van der Waals surface area contributed by atoms with Crippen molar-refractivity contribution in [1.29, 1.82) is 0 Å². The van der Waals surface area contributed by atoms with Crippen molar-refractivity contribution in [3.8, 4) is 0 Å². The molecule has 1 fully saturated rings. The predicted octanol–water partition coefficient (Wildman–Crippen LogP) is 0.271. The third kappa shape index (κ3) is 2.55. The second-order valence-corrected chi connectivity index (χ2v) is 5.87. The summed E-state index contributed by atoms with van der Waals surface area (Å²) in [5.74, 6) is -1.25. The summed E-state index contributed by atoms with van der Waals surface area (Å²) in [4.78, 5) is 10.7. The lowest BCUT2D eigenvalue weighted by molar-refractivity contribution is -0.132. The van der Waals surface area contributed by atoms with Gasteiger partial charge in [0, 0.05) is 12.6 Å². The molecule has 0 radical (unpaired) electrons. The van der Waals surface area contributed by atoms with Crippen molar-refractivity contribution in [3.63, 3.8) is 0 Å². The summed E-state index contributed by atoms with van der Waals surface area (Å²) < 4.78 is 26.3. The molecule has 0 atom stereocenters. The average molecular weight is 258 g/mol. The highest BCUT2D eigenvalue weighted by molar-refractivity contribution is 7.94. The molecule has 2 rings (SSSR count). The Morgan fingerprint density at radius 2 is 2.12 bits per heavy atom. The van der Waals surface area contributed by atoms with Crippen molar-refractivity contribution in [1.82, 2.24) is 5.32 Å².